The third-order valence-electron chi connectivity index (χ3n) is 3.72. The van der Waals surface area contributed by atoms with E-state index in [1.807, 2.05) is 68.4 Å². The van der Waals surface area contributed by atoms with Crippen LogP contribution < -0.4 is 0 Å². The van der Waals surface area contributed by atoms with E-state index in [1.54, 1.807) is 24.3 Å². The van der Waals surface area contributed by atoms with Gasteiger partial charge in [-0.1, -0.05) is 0 Å². The molecule has 5 heteroatoms. The van der Waals surface area contributed by atoms with Gasteiger partial charge >= 0.3 is 169 Å². The van der Waals surface area contributed by atoms with Crippen molar-refractivity contribution in [2.24, 2.45) is 0 Å². The quantitative estimate of drug-likeness (QED) is 0.368. The molecule has 0 aliphatic carbocycles. The first-order chi connectivity index (χ1) is 12.9. The Morgan fingerprint density at radius 3 is 1.93 bits per heavy atom. The van der Waals surface area contributed by atoms with Gasteiger partial charge in [0, 0.05) is 0 Å². The van der Waals surface area contributed by atoms with Crippen LogP contribution >= 0.6 is 20.2 Å². The van der Waals surface area contributed by atoms with Crippen LogP contribution in [0.1, 0.15) is 16.7 Å². The maximum absolute atomic E-state index is 12.8. The molecule has 0 bridgehead atoms. The summed E-state index contributed by atoms with van der Waals surface area (Å²) >= 11 is -2.75. The average Bonchev–Trinajstić information content (AvgIpc) is 2.67. The molecular formula is C22H19IO3S. The molecule has 0 saturated heterocycles. The fourth-order valence-electron chi connectivity index (χ4n) is 2.20. The summed E-state index contributed by atoms with van der Waals surface area (Å²) in [4.78, 5) is 0.157. The van der Waals surface area contributed by atoms with Gasteiger partial charge in [0.2, 0.25) is 0 Å². The van der Waals surface area contributed by atoms with Gasteiger partial charge in [-0.2, -0.15) is 0 Å². The van der Waals surface area contributed by atoms with E-state index in [4.69, 9.17) is 2.51 Å². The van der Waals surface area contributed by atoms with E-state index in [0.29, 0.717) is 0 Å². The molecule has 0 heterocycles. The molecule has 0 aliphatic heterocycles. The van der Waals surface area contributed by atoms with Crippen LogP contribution in [0.5, 0.6) is 0 Å². The SMILES string of the molecule is Cc1ccc(I(C#Cc2ccccc2)OS(=O)(=O)c2ccc(C)cc2)cc1. The van der Waals surface area contributed by atoms with E-state index >= 15 is 0 Å². The monoisotopic (exact) mass is 490 g/mol. The molecule has 0 fully saturated rings. The van der Waals surface area contributed by atoms with E-state index in [0.717, 1.165) is 20.3 Å². The van der Waals surface area contributed by atoms with Gasteiger partial charge in [0.25, 0.3) is 0 Å². The van der Waals surface area contributed by atoms with Crippen LogP contribution in [0.2, 0.25) is 0 Å². The Bertz CT molecular complexity index is 1060. The van der Waals surface area contributed by atoms with Crippen LogP contribution in [-0.4, -0.2) is 8.42 Å². The third kappa shape index (κ3) is 5.42. The molecule has 3 rings (SSSR count). The van der Waals surface area contributed by atoms with Crippen LogP contribution in [0.4, 0.5) is 0 Å². The third-order valence-corrected chi connectivity index (χ3v) is 9.97. The van der Waals surface area contributed by atoms with E-state index in [-0.39, 0.29) is 4.90 Å². The molecule has 0 saturated carbocycles. The van der Waals surface area contributed by atoms with Crippen LogP contribution in [0.15, 0.2) is 83.8 Å². The van der Waals surface area contributed by atoms with Crippen LogP contribution in [0.3, 0.4) is 0 Å². The van der Waals surface area contributed by atoms with Crippen molar-refractivity contribution < 1.29 is 10.9 Å². The van der Waals surface area contributed by atoms with Gasteiger partial charge in [-0.25, -0.2) is 0 Å². The molecule has 0 unspecified atom stereocenters. The summed E-state index contributed by atoms with van der Waals surface area (Å²) in [6, 6.07) is 23.9. The normalized spacial score (nSPS) is 11.4. The minimum absolute atomic E-state index is 0.157. The van der Waals surface area contributed by atoms with Gasteiger partial charge in [-0.3, -0.25) is 0 Å². The van der Waals surface area contributed by atoms with E-state index < -0.39 is 30.4 Å². The van der Waals surface area contributed by atoms with Crippen molar-refractivity contribution in [3.05, 3.63) is 99.1 Å². The molecule has 0 spiro atoms. The van der Waals surface area contributed by atoms with Gasteiger partial charge in [-0.15, -0.1) is 0 Å². The molecule has 138 valence electrons. The fraction of sp³-hybridized carbons (Fsp3) is 0.0909. The molecule has 27 heavy (non-hydrogen) atoms. The Labute approximate surface area is 168 Å². The van der Waals surface area contributed by atoms with Crippen molar-refractivity contribution in [2.45, 2.75) is 18.7 Å². The Balaban J connectivity index is 1.95. The first-order valence-electron chi connectivity index (χ1n) is 8.29. The molecule has 3 aromatic carbocycles. The summed E-state index contributed by atoms with van der Waals surface area (Å²) in [7, 11) is -3.87. The fourth-order valence-corrected chi connectivity index (χ4v) is 7.83. The van der Waals surface area contributed by atoms with Gasteiger partial charge < -0.3 is 0 Å². The van der Waals surface area contributed by atoms with Crippen molar-refractivity contribution in [3.8, 4) is 9.85 Å². The summed E-state index contributed by atoms with van der Waals surface area (Å²) in [5, 5.41) is 0. The van der Waals surface area contributed by atoms with Gasteiger partial charge in [0.05, 0.1) is 0 Å². The Morgan fingerprint density at radius 1 is 0.778 bits per heavy atom. The molecule has 0 radical (unpaired) electrons. The van der Waals surface area contributed by atoms with Crippen molar-refractivity contribution in [2.75, 3.05) is 0 Å². The number of benzene rings is 3. The van der Waals surface area contributed by atoms with E-state index in [1.165, 1.54) is 0 Å². The van der Waals surface area contributed by atoms with Crippen molar-refractivity contribution in [1.29, 1.82) is 0 Å². The van der Waals surface area contributed by atoms with E-state index in [9.17, 15) is 8.42 Å². The van der Waals surface area contributed by atoms with Gasteiger partial charge in [-0.05, 0) is 0 Å². The number of aryl methyl sites for hydroxylation is 2. The number of hydrogen-bond donors (Lipinski definition) is 0. The number of hydrogen-bond acceptors (Lipinski definition) is 3. The molecule has 0 aromatic heterocycles. The zero-order valence-corrected chi connectivity index (χ0v) is 18.0. The molecule has 0 amide bonds. The minimum atomic E-state index is -3.87. The Kier molecular flexibility index (Phi) is 6.32. The van der Waals surface area contributed by atoms with Crippen LogP contribution in [-0.2, 0) is 12.6 Å². The number of halogens is 1. The molecule has 3 nitrogen and oxygen atoms in total. The molecule has 0 N–H and O–H groups in total. The van der Waals surface area contributed by atoms with Crippen molar-refractivity contribution >= 4 is 30.4 Å². The predicted octanol–water partition coefficient (Wildman–Crippen LogP) is 5.31. The summed E-state index contributed by atoms with van der Waals surface area (Å²) in [5.74, 6) is 3.07. The summed E-state index contributed by atoms with van der Waals surface area (Å²) in [6.07, 6.45) is 0. The van der Waals surface area contributed by atoms with E-state index in [2.05, 4.69) is 9.85 Å². The first-order valence-corrected chi connectivity index (χ1v) is 12.7. The molecule has 3 aromatic rings. The Morgan fingerprint density at radius 2 is 1.33 bits per heavy atom. The van der Waals surface area contributed by atoms with Gasteiger partial charge in [0.1, 0.15) is 0 Å². The molecule has 0 atom stereocenters. The molecule has 0 aliphatic rings. The zero-order chi connectivity index (χ0) is 19.3. The van der Waals surface area contributed by atoms with Crippen LogP contribution in [0, 0.1) is 27.3 Å². The second kappa shape index (κ2) is 8.70. The first kappa shape index (κ1) is 19.6. The maximum atomic E-state index is 12.8. The van der Waals surface area contributed by atoms with Crippen LogP contribution in [0.25, 0.3) is 0 Å². The number of rotatable bonds is 4. The summed E-state index contributed by atoms with van der Waals surface area (Å²) < 4.78 is 35.1. The van der Waals surface area contributed by atoms with Gasteiger partial charge in [0.15, 0.2) is 0 Å². The Hall–Kier alpha value is -2.14. The second-order valence-corrected chi connectivity index (χ2v) is 11.7. The zero-order valence-electron chi connectivity index (χ0n) is 15.0. The van der Waals surface area contributed by atoms with Crippen molar-refractivity contribution in [3.63, 3.8) is 0 Å². The summed E-state index contributed by atoms with van der Waals surface area (Å²) in [5.41, 5.74) is 2.93. The van der Waals surface area contributed by atoms with Crippen molar-refractivity contribution in [1.82, 2.24) is 0 Å². The predicted molar refractivity (Wildman–Crippen MR) is 117 cm³/mol. The molecular weight excluding hydrogens is 471 g/mol. The standard InChI is InChI=1S/C22H19IO3S/c1-18-8-12-21(13-9-18)23(17-16-20-6-4-3-5-7-20)26-27(24,25)22-14-10-19(2)11-15-22/h3-15H,1-2H3. The topological polar surface area (TPSA) is 43.4 Å². The summed E-state index contributed by atoms with van der Waals surface area (Å²) in [6.45, 7) is 3.90. The second-order valence-electron chi connectivity index (χ2n) is 5.96. The average molecular weight is 490 g/mol.